The van der Waals surface area contributed by atoms with Crippen LogP contribution in [-0.2, 0) is 4.79 Å². The zero-order valence-corrected chi connectivity index (χ0v) is 13.2. The van der Waals surface area contributed by atoms with E-state index in [1.54, 1.807) is 6.92 Å². The van der Waals surface area contributed by atoms with E-state index in [1.807, 2.05) is 0 Å². The van der Waals surface area contributed by atoms with Crippen LogP contribution in [0.5, 0.6) is 5.88 Å². The average Bonchev–Trinajstić information content (AvgIpc) is 2.50. The van der Waals surface area contributed by atoms with Crippen LogP contribution in [0.3, 0.4) is 0 Å². The number of pyridine rings is 1. The number of nitrogens with zero attached hydrogens (tertiary/aromatic N) is 1. The summed E-state index contributed by atoms with van der Waals surface area (Å²) >= 11 is 6.01. The number of carboxylic acid groups (broad SMARTS) is 1. The number of ether oxygens (including phenoxy) is 1. The number of carbonyl (C=O) groups excluding carboxylic acids is 1. The number of halogens is 1. The van der Waals surface area contributed by atoms with Crippen LogP contribution >= 0.6 is 11.6 Å². The topological polar surface area (TPSA) is 88.5 Å². The van der Waals surface area contributed by atoms with Crippen molar-refractivity contribution in [2.24, 2.45) is 0 Å². The highest BCUT2D eigenvalue weighted by atomic mass is 35.5. The summed E-state index contributed by atoms with van der Waals surface area (Å²) in [4.78, 5) is 27.9. The number of hydrogen-bond acceptors (Lipinski definition) is 4. The normalized spacial score (nSPS) is 16.8. The molecule has 0 radical (unpaired) electrons. The predicted molar refractivity (Wildman–Crippen MR) is 81.3 cm³/mol. The Morgan fingerprint density at radius 2 is 2.09 bits per heavy atom. The van der Waals surface area contributed by atoms with Crippen LogP contribution in [0.25, 0.3) is 0 Å². The molecule has 2 rings (SSSR count). The molecule has 1 amide bonds. The van der Waals surface area contributed by atoms with Crippen molar-refractivity contribution in [1.82, 2.24) is 10.3 Å². The first-order valence-electron chi connectivity index (χ1n) is 7.33. The minimum Gasteiger partial charge on any atom is -0.480 e. The van der Waals surface area contributed by atoms with E-state index < -0.39 is 17.4 Å². The van der Waals surface area contributed by atoms with Gasteiger partial charge in [0.15, 0.2) is 0 Å². The summed E-state index contributed by atoms with van der Waals surface area (Å²) in [5.41, 5.74) is -0.972. The van der Waals surface area contributed by atoms with Crippen molar-refractivity contribution in [1.29, 1.82) is 0 Å². The number of rotatable bonds is 5. The van der Waals surface area contributed by atoms with Crippen molar-refractivity contribution in [2.75, 3.05) is 6.61 Å². The minimum absolute atomic E-state index is 0.222. The van der Waals surface area contributed by atoms with Crippen molar-refractivity contribution in [3.8, 4) is 5.88 Å². The summed E-state index contributed by atoms with van der Waals surface area (Å²) in [5.74, 6) is -1.22. The van der Waals surface area contributed by atoms with Gasteiger partial charge in [0.05, 0.1) is 12.2 Å². The number of aromatic nitrogens is 1. The molecule has 0 aromatic carbocycles. The number of carbonyl (C=O) groups is 2. The molecule has 0 spiro atoms. The number of aliphatic carboxylic acids is 1. The molecule has 0 atom stereocenters. The molecule has 1 aromatic rings. The molecule has 120 valence electrons. The summed E-state index contributed by atoms with van der Waals surface area (Å²) in [7, 11) is 0. The van der Waals surface area contributed by atoms with Gasteiger partial charge in [-0.1, -0.05) is 30.9 Å². The zero-order valence-electron chi connectivity index (χ0n) is 12.4. The van der Waals surface area contributed by atoms with Crippen LogP contribution in [0.4, 0.5) is 0 Å². The summed E-state index contributed by atoms with van der Waals surface area (Å²) < 4.78 is 5.21. The van der Waals surface area contributed by atoms with E-state index in [4.69, 9.17) is 16.3 Å². The Balaban J connectivity index is 2.17. The number of amides is 1. The van der Waals surface area contributed by atoms with Gasteiger partial charge in [-0.05, 0) is 25.8 Å². The van der Waals surface area contributed by atoms with E-state index >= 15 is 0 Å². The van der Waals surface area contributed by atoms with Gasteiger partial charge in [-0.3, -0.25) is 4.79 Å². The highest BCUT2D eigenvalue weighted by Gasteiger charge is 2.41. The lowest BCUT2D eigenvalue weighted by molar-refractivity contribution is -0.145. The third kappa shape index (κ3) is 3.50. The fourth-order valence-corrected chi connectivity index (χ4v) is 2.85. The highest BCUT2D eigenvalue weighted by molar-refractivity contribution is 6.32. The van der Waals surface area contributed by atoms with Crippen molar-refractivity contribution < 1.29 is 19.4 Å². The van der Waals surface area contributed by atoms with Crippen LogP contribution < -0.4 is 10.1 Å². The Morgan fingerprint density at radius 1 is 1.41 bits per heavy atom. The minimum atomic E-state index is -1.19. The summed E-state index contributed by atoms with van der Waals surface area (Å²) in [6.45, 7) is 2.22. The predicted octanol–water partition coefficient (Wildman–Crippen LogP) is 2.65. The molecule has 0 aliphatic heterocycles. The Kier molecular flexibility index (Phi) is 5.24. The number of nitrogens with one attached hydrogen (secondary N) is 1. The first kappa shape index (κ1) is 16.5. The van der Waals surface area contributed by atoms with Crippen LogP contribution in [-0.4, -0.2) is 34.1 Å². The fourth-order valence-electron chi connectivity index (χ4n) is 2.63. The molecule has 1 aliphatic rings. The van der Waals surface area contributed by atoms with E-state index in [2.05, 4.69) is 10.3 Å². The van der Waals surface area contributed by atoms with Gasteiger partial charge >= 0.3 is 5.97 Å². The maximum atomic E-state index is 12.3. The summed E-state index contributed by atoms with van der Waals surface area (Å²) in [5, 5.41) is 12.4. The van der Waals surface area contributed by atoms with Crippen LogP contribution in [0.15, 0.2) is 12.3 Å². The lowest BCUT2D eigenvalue weighted by Crippen LogP contribution is -2.55. The number of carboxylic acids is 1. The van der Waals surface area contributed by atoms with E-state index in [0.29, 0.717) is 19.4 Å². The Labute approximate surface area is 133 Å². The number of hydrogen-bond donors (Lipinski definition) is 2. The van der Waals surface area contributed by atoms with Crippen LogP contribution in [0.2, 0.25) is 5.02 Å². The van der Waals surface area contributed by atoms with Gasteiger partial charge in [-0.15, -0.1) is 0 Å². The van der Waals surface area contributed by atoms with Gasteiger partial charge in [0.1, 0.15) is 10.6 Å². The Hall–Kier alpha value is -1.82. The average molecular weight is 327 g/mol. The zero-order chi connectivity index (χ0) is 16.2. The third-order valence-corrected chi connectivity index (χ3v) is 4.09. The second-order valence-corrected chi connectivity index (χ2v) is 5.75. The van der Waals surface area contributed by atoms with E-state index in [1.165, 1.54) is 12.3 Å². The molecule has 1 aromatic heterocycles. The monoisotopic (exact) mass is 326 g/mol. The van der Waals surface area contributed by atoms with Gasteiger partial charge < -0.3 is 15.2 Å². The molecular formula is C15H19ClN2O4. The first-order valence-corrected chi connectivity index (χ1v) is 7.70. The SMILES string of the molecule is CCOc1ncc(C(=O)NC2(C(=O)O)CCCCC2)cc1Cl. The maximum Gasteiger partial charge on any atom is 0.329 e. The second-order valence-electron chi connectivity index (χ2n) is 5.35. The Bertz CT molecular complexity index is 571. The molecule has 0 unspecified atom stereocenters. The lowest BCUT2D eigenvalue weighted by atomic mass is 9.81. The summed E-state index contributed by atoms with van der Waals surface area (Å²) in [6.07, 6.45) is 4.77. The molecule has 1 aliphatic carbocycles. The van der Waals surface area contributed by atoms with Crippen molar-refractivity contribution in [3.05, 3.63) is 22.8 Å². The summed E-state index contributed by atoms with van der Waals surface area (Å²) in [6, 6.07) is 1.44. The molecule has 0 bridgehead atoms. The molecule has 2 N–H and O–H groups in total. The molecular weight excluding hydrogens is 308 g/mol. The molecule has 0 saturated heterocycles. The quantitative estimate of drug-likeness (QED) is 0.868. The van der Waals surface area contributed by atoms with Crippen molar-refractivity contribution in [3.63, 3.8) is 0 Å². The van der Waals surface area contributed by atoms with Crippen molar-refractivity contribution >= 4 is 23.5 Å². The molecule has 1 heterocycles. The molecule has 6 nitrogen and oxygen atoms in total. The van der Waals surface area contributed by atoms with Crippen LogP contribution in [0.1, 0.15) is 49.4 Å². The third-order valence-electron chi connectivity index (χ3n) is 3.82. The first-order chi connectivity index (χ1) is 10.5. The Morgan fingerprint density at radius 3 is 2.64 bits per heavy atom. The van der Waals surface area contributed by atoms with Gasteiger partial charge in [-0.2, -0.15) is 0 Å². The van der Waals surface area contributed by atoms with E-state index in [-0.39, 0.29) is 16.5 Å². The maximum absolute atomic E-state index is 12.3. The van der Waals surface area contributed by atoms with Gasteiger partial charge in [0, 0.05) is 6.20 Å². The van der Waals surface area contributed by atoms with Gasteiger partial charge in [-0.25, -0.2) is 9.78 Å². The van der Waals surface area contributed by atoms with Gasteiger partial charge in [0.25, 0.3) is 5.91 Å². The highest BCUT2D eigenvalue weighted by Crippen LogP contribution is 2.29. The standard InChI is InChI=1S/C15H19ClN2O4/c1-2-22-13-11(16)8-10(9-17-13)12(19)18-15(14(20)21)6-4-3-5-7-15/h8-9H,2-7H2,1H3,(H,18,19)(H,20,21). The fraction of sp³-hybridized carbons (Fsp3) is 0.533. The van der Waals surface area contributed by atoms with E-state index in [0.717, 1.165) is 19.3 Å². The van der Waals surface area contributed by atoms with E-state index in [9.17, 15) is 14.7 Å². The molecule has 1 saturated carbocycles. The molecule has 1 fully saturated rings. The molecule has 7 heteroatoms. The lowest BCUT2D eigenvalue weighted by Gasteiger charge is -2.33. The smallest absolute Gasteiger partial charge is 0.329 e. The largest absolute Gasteiger partial charge is 0.480 e. The van der Waals surface area contributed by atoms with Crippen molar-refractivity contribution in [2.45, 2.75) is 44.6 Å². The van der Waals surface area contributed by atoms with Gasteiger partial charge in [0.2, 0.25) is 5.88 Å². The second kappa shape index (κ2) is 6.96. The van der Waals surface area contributed by atoms with Crippen LogP contribution in [0, 0.1) is 0 Å². The molecule has 22 heavy (non-hydrogen) atoms.